The first-order chi connectivity index (χ1) is 10.6. The molecule has 1 aliphatic heterocycles. The summed E-state index contributed by atoms with van der Waals surface area (Å²) >= 11 is 1.40. The van der Waals surface area contributed by atoms with Crippen LogP contribution in [0.15, 0.2) is 29.2 Å². The zero-order valence-electron chi connectivity index (χ0n) is 12.1. The third-order valence-electron chi connectivity index (χ3n) is 4.13. The zero-order chi connectivity index (χ0) is 15.6. The minimum Gasteiger partial charge on any atom is -0.338 e. The van der Waals surface area contributed by atoms with Gasteiger partial charge in [0.15, 0.2) is 0 Å². The molecule has 0 bridgehead atoms. The van der Waals surface area contributed by atoms with E-state index in [1.807, 2.05) is 24.3 Å². The summed E-state index contributed by atoms with van der Waals surface area (Å²) in [5, 5.41) is 14.5. The summed E-state index contributed by atoms with van der Waals surface area (Å²) in [6.45, 7) is 0. The van der Waals surface area contributed by atoms with Crippen molar-refractivity contribution < 1.29 is 9.59 Å². The second kappa shape index (κ2) is 6.01. The van der Waals surface area contributed by atoms with Gasteiger partial charge in [-0.05, 0) is 37.8 Å². The summed E-state index contributed by atoms with van der Waals surface area (Å²) in [5.41, 5.74) is 0.0589. The molecule has 1 aliphatic carbocycles. The minimum atomic E-state index is -0.731. The van der Waals surface area contributed by atoms with Crippen LogP contribution in [0.25, 0.3) is 0 Å². The fraction of sp³-hybridized carbons (Fsp3) is 0.438. The average Bonchev–Trinajstić information content (AvgIpc) is 2.97. The average molecular weight is 315 g/mol. The lowest BCUT2D eigenvalue weighted by Crippen LogP contribution is -2.46. The first kappa shape index (κ1) is 14.9. The van der Waals surface area contributed by atoms with Crippen LogP contribution in [0.2, 0.25) is 0 Å². The number of nitriles is 1. The van der Waals surface area contributed by atoms with Crippen molar-refractivity contribution in [1.82, 2.24) is 5.32 Å². The Kier molecular flexibility index (Phi) is 4.08. The Morgan fingerprint density at radius 1 is 1.41 bits per heavy atom. The largest absolute Gasteiger partial charge is 0.338 e. The van der Waals surface area contributed by atoms with Gasteiger partial charge in [0.05, 0.1) is 17.0 Å². The Bertz CT molecular complexity index is 647. The molecule has 2 aliphatic rings. The van der Waals surface area contributed by atoms with E-state index in [-0.39, 0.29) is 18.2 Å². The molecule has 1 atom stereocenters. The van der Waals surface area contributed by atoms with Crippen molar-refractivity contribution in [2.75, 3.05) is 5.32 Å². The predicted octanol–water partition coefficient (Wildman–Crippen LogP) is 2.44. The maximum Gasteiger partial charge on any atom is 0.238 e. The van der Waals surface area contributed by atoms with Gasteiger partial charge in [0.1, 0.15) is 5.54 Å². The van der Waals surface area contributed by atoms with Gasteiger partial charge in [0.2, 0.25) is 11.8 Å². The van der Waals surface area contributed by atoms with Gasteiger partial charge in [-0.25, -0.2) is 0 Å². The molecule has 1 fully saturated rings. The standard InChI is InChI=1S/C16H17N3O2S/c17-10-16(7-3-4-8-16)19-14(20)9-13-15(21)18-11-5-1-2-6-12(11)22-13/h1-2,5-6,13H,3-4,7-9H2,(H,18,21)(H,19,20). The van der Waals surface area contributed by atoms with E-state index in [1.54, 1.807) is 0 Å². The van der Waals surface area contributed by atoms with Gasteiger partial charge in [-0.1, -0.05) is 12.1 Å². The summed E-state index contributed by atoms with van der Waals surface area (Å²) in [6.07, 6.45) is 3.40. The Labute approximate surface area is 133 Å². The number of para-hydroxylation sites is 1. The number of carbonyl (C=O) groups excluding carboxylic acids is 2. The number of nitrogens with one attached hydrogen (secondary N) is 2. The van der Waals surface area contributed by atoms with Crippen LogP contribution in [0.1, 0.15) is 32.1 Å². The number of anilines is 1. The lowest BCUT2D eigenvalue weighted by molar-refractivity contribution is -0.125. The highest BCUT2D eigenvalue weighted by Crippen LogP contribution is 2.37. The number of nitrogens with zero attached hydrogens (tertiary/aromatic N) is 1. The summed E-state index contributed by atoms with van der Waals surface area (Å²) in [6, 6.07) is 9.78. The molecule has 2 N–H and O–H groups in total. The number of amides is 2. The molecule has 1 unspecified atom stereocenters. The van der Waals surface area contributed by atoms with E-state index in [2.05, 4.69) is 16.7 Å². The Morgan fingerprint density at radius 3 is 2.86 bits per heavy atom. The van der Waals surface area contributed by atoms with Crippen molar-refractivity contribution in [3.63, 3.8) is 0 Å². The van der Waals surface area contributed by atoms with Crippen LogP contribution in [0, 0.1) is 11.3 Å². The number of thioether (sulfide) groups is 1. The number of fused-ring (bicyclic) bond motifs is 1. The predicted molar refractivity (Wildman–Crippen MR) is 84.3 cm³/mol. The molecule has 2 amide bonds. The molecule has 0 spiro atoms. The second-order valence-electron chi connectivity index (χ2n) is 5.75. The van der Waals surface area contributed by atoms with Crippen molar-refractivity contribution in [2.45, 2.75) is 47.8 Å². The third-order valence-corrected chi connectivity index (χ3v) is 5.40. The highest BCUT2D eigenvalue weighted by Gasteiger charge is 2.37. The van der Waals surface area contributed by atoms with Crippen molar-refractivity contribution in [3.05, 3.63) is 24.3 Å². The maximum atomic E-state index is 12.2. The summed E-state index contributed by atoms with van der Waals surface area (Å²) in [4.78, 5) is 25.3. The van der Waals surface area contributed by atoms with E-state index >= 15 is 0 Å². The van der Waals surface area contributed by atoms with E-state index in [9.17, 15) is 14.9 Å². The lowest BCUT2D eigenvalue weighted by atomic mass is 9.99. The number of hydrogen-bond acceptors (Lipinski definition) is 4. The van der Waals surface area contributed by atoms with Crippen molar-refractivity contribution in [3.8, 4) is 6.07 Å². The van der Waals surface area contributed by atoms with Gasteiger partial charge in [-0.15, -0.1) is 11.8 Å². The van der Waals surface area contributed by atoms with Gasteiger partial charge < -0.3 is 10.6 Å². The first-order valence-electron chi connectivity index (χ1n) is 7.41. The van der Waals surface area contributed by atoms with Crippen LogP contribution >= 0.6 is 11.8 Å². The zero-order valence-corrected chi connectivity index (χ0v) is 12.9. The normalized spacial score (nSPS) is 22.3. The van der Waals surface area contributed by atoms with Crippen LogP contribution in [-0.2, 0) is 9.59 Å². The van der Waals surface area contributed by atoms with Crippen LogP contribution in [0.4, 0.5) is 5.69 Å². The lowest BCUT2D eigenvalue weighted by Gasteiger charge is -2.26. The van der Waals surface area contributed by atoms with Gasteiger partial charge >= 0.3 is 0 Å². The summed E-state index contributed by atoms with van der Waals surface area (Å²) < 4.78 is 0. The molecule has 1 aromatic rings. The molecule has 1 aromatic carbocycles. The molecule has 114 valence electrons. The van der Waals surface area contributed by atoms with E-state index in [4.69, 9.17) is 0 Å². The minimum absolute atomic E-state index is 0.0915. The molecular weight excluding hydrogens is 298 g/mol. The molecule has 0 radical (unpaired) electrons. The molecule has 1 heterocycles. The quantitative estimate of drug-likeness (QED) is 0.897. The van der Waals surface area contributed by atoms with Gasteiger partial charge in [0.25, 0.3) is 0 Å². The van der Waals surface area contributed by atoms with Gasteiger partial charge in [-0.2, -0.15) is 5.26 Å². The molecular formula is C16H17N3O2S. The first-order valence-corrected chi connectivity index (χ1v) is 8.29. The van der Waals surface area contributed by atoms with Crippen LogP contribution in [-0.4, -0.2) is 22.6 Å². The van der Waals surface area contributed by atoms with Crippen LogP contribution in [0.3, 0.4) is 0 Å². The van der Waals surface area contributed by atoms with Crippen molar-refractivity contribution in [2.24, 2.45) is 0 Å². The molecule has 0 saturated heterocycles. The van der Waals surface area contributed by atoms with E-state index < -0.39 is 10.8 Å². The molecule has 1 saturated carbocycles. The highest BCUT2D eigenvalue weighted by molar-refractivity contribution is 8.01. The monoisotopic (exact) mass is 315 g/mol. The number of rotatable bonds is 3. The topological polar surface area (TPSA) is 82.0 Å². The fourth-order valence-electron chi connectivity index (χ4n) is 2.96. The Hall–Kier alpha value is -2.00. The Morgan fingerprint density at radius 2 is 2.14 bits per heavy atom. The van der Waals surface area contributed by atoms with Crippen LogP contribution in [0.5, 0.6) is 0 Å². The summed E-state index contributed by atoms with van der Waals surface area (Å²) in [7, 11) is 0. The van der Waals surface area contributed by atoms with Crippen molar-refractivity contribution in [1.29, 1.82) is 5.26 Å². The smallest absolute Gasteiger partial charge is 0.238 e. The van der Waals surface area contributed by atoms with E-state index in [0.717, 1.165) is 23.4 Å². The molecule has 3 rings (SSSR count). The molecule has 0 aromatic heterocycles. The second-order valence-corrected chi connectivity index (χ2v) is 6.99. The highest BCUT2D eigenvalue weighted by atomic mass is 32.2. The molecule has 22 heavy (non-hydrogen) atoms. The number of carbonyl (C=O) groups is 2. The Balaban J connectivity index is 1.65. The fourth-order valence-corrected chi connectivity index (χ4v) is 4.07. The molecule has 6 heteroatoms. The van der Waals surface area contributed by atoms with Gasteiger partial charge in [0, 0.05) is 11.3 Å². The maximum absolute atomic E-state index is 12.2. The summed E-state index contributed by atoms with van der Waals surface area (Å²) in [5.74, 6) is -0.383. The van der Waals surface area contributed by atoms with Crippen LogP contribution < -0.4 is 10.6 Å². The number of hydrogen-bond donors (Lipinski definition) is 2. The van der Waals surface area contributed by atoms with E-state index in [0.29, 0.717) is 12.8 Å². The van der Waals surface area contributed by atoms with Gasteiger partial charge in [-0.3, -0.25) is 9.59 Å². The third kappa shape index (κ3) is 2.95. The van der Waals surface area contributed by atoms with Crippen molar-refractivity contribution >= 4 is 29.3 Å². The SMILES string of the molecule is N#CC1(NC(=O)CC2Sc3ccccc3NC2=O)CCCC1. The molecule has 5 nitrogen and oxygen atoms in total. The van der Waals surface area contributed by atoms with E-state index in [1.165, 1.54) is 11.8 Å². The number of benzene rings is 1.